The van der Waals surface area contributed by atoms with E-state index in [4.69, 9.17) is 46.0 Å². The first-order valence-electron chi connectivity index (χ1n) is 3.12. The molecule has 0 spiro atoms. The fourth-order valence-electron chi connectivity index (χ4n) is 0.495. The standard InChI is InChI=1S/C5H10Cl4NOP/c1-4(2,3)10-12(9,11)5(6,7)8/h1-3H3,(H,10,11). The molecule has 2 nitrogen and oxygen atoms in total. The van der Waals surface area contributed by atoms with E-state index in [0.29, 0.717) is 0 Å². The minimum absolute atomic E-state index is 0.457. The maximum absolute atomic E-state index is 11.5. The molecule has 0 amide bonds. The van der Waals surface area contributed by atoms with Gasteiger partial charge >= 0.3 is 0 Å². The van der Waals surface area contributed by atoms with Gasteiger partial charge in [0.25, 0.3) is 10.2 Å². The lowest BCUT2D eigenvalue weighted by atomic mass is 10.1. The highest BCUT2D eigenvalue weighted by Gasteiger charge is 2.44. The predicted octanol–water partition coefficient (Wildman–Crippen LogP) is 4.13. The Bertz CT molecular complexity index is 206. The van der Waals surface area contributed by atoms with Gasteiger partial charge in [-0.15, -0.1) is 0 Å². The number of nitrogens with one attached hydrogen (secondary N) is 1. The number of rotatable bonds is 1. The molecule has 0 aromatic rings. The molecule has 0 bridgehead atoms. The molecule has 0 heterocycles. The summed E-state index contributed by atoms with van der Waals surface area (Å²) in [6, 6.07) is 0. The first kappa shape index (κ1) is 13.4. The van der Waals surface area contributed by atoms with Crippen molar-refractivity contribution in [3.63, 3.8) is 0 Å². The molecule has 0 aliphatic rings. The highest BCUT2D eigenvalue weighted by atomic mass is 35.7. The summed E-state index contributed by atoms with van der Waals surface area (Å²) in [7, 11) is 0. The van der Waals surface area contributed by atoms with E-state index >= 15 is 0 Å². The molecule has 12 heavy (non-hydrogen) atoms. The second-order valence-corrected chi connectivity index (χ2v) is 9.82. The Hall–Kier alpha value is 1.35. The zero-order valence-electron chi connectivity index (χ0n) is 6.87. The molecule has 0 aliphatic heterocycles. The first-order chi connectivity index (χ1) is 4.96. The summed E-state index contributed by atoms with van der Waals surface area (Å²) < 4.78 is 9.54. The lowest BCUT2D eigenvalue weighted by Crippen LogP contribution is -2.34. The van der Waals surface area contributed by atoms with Crippen LogP contribution >= 0.6 is 52.7 Å². The van der Waals surface area contributed by atoms with E-state index in [2.05, 4.69) is 5.09 Å². The van der Waals surface area contributed by atoms with Crippen LogP contribution in [0.15, 0.2) is 0 Å². The Balaban J connectivity index is 4.57. The third-order valence-corrected chi connectivity index (χ3v) is 6.35. The van der Waals surface area contributed by atoms with Crippen molar-refractivity contribution >= 4 is 52.7 Å². The molecule has 1 atom stereocenters. The summed E-state index contributed by atoms with van der Waals surface area (Å²) in [6.45, 7) is 1.85. The molecule has 0 radical (unpaired) electrons. The molecular formula is C5H10Cl4NOP. The largest absolute Gasteiger partial charge is 0.285 e. The highest BCUT2D eigenvalue weighted by molar-refractivity contribution is 7.92. The number of halogens is 4. The predicted molar refractivity (Wildman–Crippen MR) is 56.6 cm³/mol. The summed E-state index contributed by atoms with van der Waals surface area (Å²) in [5.41, 5.74) is -0.457. The fourth-order valence-corrected chi connectivity index (χ4v) is 2.63. The Labute approximate surface area is 92.1 Å². The third-order valence-electron chi connectivity index (χ3n) is 0.805. The van der Waals surface area contributed by atoms with Crippen LogP contribution in [-0.2, 0) is 4.57 Å². The molecule has 0 aliphatic carbocycles. The van der Waals surface area contributed by atoms with Crippen LogP contribution < -0.4 is 5.09 Å². The quantitative estimate of drug-likeness (QED) is 0.574. The van der Waals surface area contributed by atoms with Gasteiger partial charge in [0, 0.05) is 5.54 Å². The third kappa shape index (κ3) is 4.55. The van der Waals surface area contributed by atoms with Crippen LogP contribution in [-0.4, -0.2) is 9.07 Å². The van der Waals surface area contributed by atoms with Crippen molar-refractivity contribution in [2.45, 2.75) is 29.8 Å². The molecule has 7 heteroatoms. The van der Waals surface area contributed by atoms with Crippen LogP contribution in [0, 0.1) is 0 Å². The smallest absolute Gasteiger partial charge is 0.282 e. The Morgan fingerprint density at radius 1 is 1.17 bits per heavy atom. The average molecular weight is 273 g/mol. The maximum Gasteiger partial charge on any atom is 0.282 e. The van der Waals surface area contributed by atoms with Crippen LogP contribution in [0.25, 0.3) is 0 Å². The number of hydrogen-bond donors (Lipinski definition) is 1. The van der Waals surface area contributed by atoms with E-state index in [1.165, 1.54) is 0 Å². The van der Waals surface area contributed by atoms with E-state index in [-0.39, 0.29) is 0 Å². The second-order valence-electron chi connectivity index (χ2n) is 3.36. The van der Waals surface area contributed by atoms with Gasteiger partial charge in [-0.1, -0.05) is 34.8 Å². The van der Waals surface area contributed by atoms with Gasteiger partial charge < -0.3 is 0 Å². The SMILES string of the molecule is CC(C)(C)NP(=O)(Cl)C(Cl)(Cl)Cl. The van der Waals surface area contributed by atoms with E-state index in [1.807, 2.05) is 0 Å². The molecule has 0 aromatic carbocycles. The topological polar surface area (TPSA) is 29.1 Å². The van der Waals surface area contributed by atoms with E-state index in [1.54, 1.807) is 20.8 Å². The monoisotopic (exact) mass is 271 g/mol. The lowest BCUT2D eigenvalue weighted by Gasteiger charge is -2.28. The van der Waals surface area contributed by atoms with Crippen molar-refractivity contribution in [2.24, 2.45) is 0 Å². The molecule has 1 N–H and O–H groups in total. The van der Waals surface area contributed by atoms with Crippen LogP contribution in [0.5, 0.6) is 0 Å². The molecule has 74 valence electrons. The second kappa shape index (κ2) is 3.84. The van der Waals surface area contributed by atoms with Gasteiger partial charge in [-0.3, -0.25) is 4.57 Å². The summed E-state index contributed by atoms with van der Waals surface area (Å²) in [4.78, 5) is 0. The van der Waals surface area contributed by atoms with Gasteiger partial charge in [0.2, 0.25) is 0 Å². The molecule has 0 saturated carbocycles. The minimum Gasteiger partial charge on any atom is -0.285 e. The van der Waals surface area contributed by atoms with Gasteiger partial charge in [-0.25, -0.2) is 5.09 Å². The van der Waals surface area contributed by atoms with Gasteiger partial charge in [-0.05, 0) is 32.0 Å². The van der Waals surface area contributed by atoms with Crippen molar-refractivity contribution in [3.05, 3.63) is 0 Å². The Morgan fingerprint density at radius 3 is 1.58 bits per heavy atom. The van der Waals surface area contributed by atoms with Crippen LogP contribution in [0.4, 0.5) is 0 Å². The lowest BCUT2D eigenvalue weighted by molar-refractivity contribution is 0.497. The summed E-state index contributed by atoms with van der Waals surface area (Å²) in [6.07, 6.45) is 0. The van der Waals surface area contributed by atoms with Crippen molar-refractivity contribution in [2.75, 3.05) is 0 Å². The van der Waals surface area contributed by atoms with E-state index < -0.39 is 15.7 Å². The van der Waals surface area contributed by atoms with Crippen LogP contribution in [0.1, 0.15) is 20.8 Å². The van der Waals surface area contributed by atoms with E-state index in [0.717, 1.165) is 0 Å². The first-order valence-corrected chi connectivity index (χ1v) is 6.86. The number of alkyl halides is 3. The summed E-state index contributed by atoms with van der Waals surface area (Å²) in [5, 5.41) is 2.56. The number of hydrogen-bond acceptors (Lipinski definition) is 1. The Morgan fingerprint density at radius 2 is 1.50 bits per heavy atom. The van der Waals surface area contributed by atoms with E-state index in [9.17, 15) is 4.57 Å². The highest BCUT2D eigenvalue weighted by Crippen LogP contribution is 2.66. The average Bonchev–Trinajstić information content (AvgIpc) is 1.52. The summed E-state index contributed by atoms with van der Waals surface area (Å²) >= 11 is 21.8. The minimum atomic E-state index is -3.48. The molecule has 0 saturated heterocycles. The molecule has 1 unspecified atom stereocenters. The van der Waals surface area contributed by atoms with Gasteiger partial charge in [-0.2, -0.15) is 0 Å². The van der Waals surface area contributed by atoms with Crippen molar-refractivity contribution in [1.82, 2.24) is 5.09 Å². The van der Waals surface area contributed by atoms with Crippen molar-refractivity contribution in [3.8, 4) is 0 Å². The maximum atomic E-state index is 11.5. The fraction of sp³-hybridized carbons (Fsp3) is 1.00. The zero-order chi connectivity index (χ0) is 10.2. The Kier molecular flexibility index (Phi) is 4.27. The van der Waals surface area contributed by atoms with Crippen LogP contribution in [0.3, 0.4) is 0 Å². The van der Waals surface area contributed by atoms with Gasteiger partial charge in [0.05, 0.1) is 0 Å². The van der Waals surface area contributed by atoms with Gasteiger partial charge in [0.1, 0.15) is 0 Å². The molecular weight excluding hydrogens is 263 g/mol. The van der Waals surface area contributed by atoms with Crippen LogP contribution in [0.2, 0.25) is 0 Å². The van der Waals surface area contributed by atoms with Crippen molar-refractivity contribution in [1.29, 1.82) is 0 Å². The zero-order valence-corrected chi connectivity index (χ0v) is 10.8. The van der Waals surface area contributed by atoms with Gasteiger partial charge in [0.15, 0.2) is 0 Å². The van der Waals surface area contributed by atoms with Crippen molar-refractivity contribution < 1.29 is 4.57 Å². The molecule has 0 fully saturated rings. The molecule has 0 rings (SSSR count). The summed E-state index contributed by atoms with van der Waals surface area (Å²) in [5.74, 6) is 0. The molecule has 0 aromatic heterocycles. The normalized spacial score (nSPS) is 18.9.